The van der Waals surface area contributed by atoms with Crippen LogP contribution in [-0.4, -0.2) is 36.4 Å². The van der Waals surface area contributed by atoms with E-state index in [1.807, 2.05) is 20.2 Å². The van der Waals surface area contributed by atoms with Crippen molar-refractivity contribution in [2.24, 2.45) is 7.05 Å². The summed E-state index contributed by atoms with van der Waals surface area (Å²) in [5.41, 5.74) is 8.98. The molecule has 0 bridgehead atoms. The number of aromatic nitrogens is 6. The number of rotatable bonds is 3. The van der Waals surface area contributed by atoms with Crippen LogP contribution in [0.25, 0.3) is 16.9 Å². The lowest BCUT2D eigenvalue weighted by molar-refractivity contribution is 0.401. The van der Waals surface area contributed by atoms with E-state index in [2.05, 4.69) is 20.1 Å². The normalized spacial score (nSPS) is 11.2. The molecule has 0 radical (unpaired) electrons. The Hall–Kier alpha value is -2.64. The van der Waals surface area contributed by atoms with E-state index in [-0.39, 0.29) is 0 Å². The first-order valence-corrected chi connectivity index (χ1v) is 6.21. The number of anilines is 1. The van der Waals surface area contributed by atoms with E-state index in [9.17, 15) is 0 Å². The zero-order valence-electron chi connectivity index (χ0n) is 11.5. The molecule has 3 heterocycles. The summed E-state index contributed by atoms with van der Waals surface area (Å²) >= 11 is 0. The number of nitrogens with two attached hydrogens (primary N) is 1. The highest BCUT2D eigenvalue weighted by Gasteiger charge is 2.19. The summed E-state index contributed by atoms with van der Waals surface area (Å²) in [6.07, 6.45) is 4.11. The van der Waals surface area contributed by atoms with Gasteiger partial charge in [-0.25, -0.2) is 9.97 Å². The molecule has 8 nitrogen and oxygen atoms in total. The molecule has 0 aliphatic heterocycles. The maximum absolute atomic E-state index is 6.03. The van der Waals surface area contributed by atoms with Crippen LogP contribution < -0.4 is 10.5 Å². The van der Waals surface area contributed by atoms with Crippen molar-refractivity contribution in [1.29, 1.82) is 0 Å². The van der Waals surface area contributed by atoms with Crippen LogP contribution in [0.2, 0.25) is 0 Å². The van der Waals surface area contributed by atoms with E-state index < -0.39 is 0 Å². The van der Waals surface area contributed by atoms with Crippen molar-refractivity contribution >= 4 is 17.1 Å². The fraction of sp³-hybridized carbons (Fsp3) is 0.333. The summed E-state index contributed by atoms with van der Waals surface area (Å²) in [5.74, 6) is 0.740. The fourth-order valence-corrected chi connectivity index (χ4v) is 2.24. The molecule has 104 valence electrons. The van der Waals surface area contributed by atoms with Crippen LogP contribution in [0.4, 0.5) is 5.95 Å². The molecule has 0 atom stereocenters. The van der Waals surface area contributed by atoms with Crippen molar-refractivity contribution in [3.05, 3.63) is 18.2 Å². The Bertz CT molecular complexity index is 774. The molecule has 3 aromatic heterocycles. The highest BCUT2D eigenvalue weighted by atomic mass is 16.5. The largest absolute Gasteiger partial charge is 0.479 e. The SMILES string of the molecule is CCc1nn(C)cc1-n1c(N)nc2c(OC)ncnc21. The highest BCUT2D eigenvalue weighted by molar-refractivity contribution is 5.81. The number of nitrogens with zero attached hydrogens (tertiary/aromatic N) is 6. The van der Waals surface area contributed by atoms with Gasteiger partial charge in [-0.2, -0.15) is 10.1 Å². The number of ether oxygens (including phenoxy) is 1. The zero-order valence-corrected chi connectivity index (χ0v) is 11.5. The van der Waals surface area contributed by atoms with Crippen LogP contribution in [0.1, 0.15) is 12.6 Å². The average molecular weight is 273 g/mol. The molecule has 0 amide bonds. The quantitative estimate of drug-likeness (QED) is 0.754. The van der Waals surface area contributed by atoms with E-state index in [0.717, 1.165) is 17.8 Å². The third-order valence-corrected chi connectivity index (χ3v) is 3.09. The first-order chi connectivity index (χ1) is 9.65. The number of methoxy groups -OCH3 is 1. The smallest absolute Gasteiger partial charge is 0.245 e. The summed E-state index contributed by atoms with van der Waals surface area (Å²) in [4.78, 5) is 12.6. The van der Waals surface area contributed by atoms with Gasteiger partial charge < -0.3 is 10.5 Å². The van der Waals surface area contributed by atoms with Crippen LogP contribution in [0.5, 0.6) is 5.88 Å². The monoisotopic (exact) mass is 273 g/mol. The predicted molar refractivity (Wildman–Crippen MR) is 73.8 cm³/mol. The Kier molecular flexibility index (Phi) is 2.78. The first-order valence-electron chi connectivity index (χ1n) is 6.21. The number of fused-ring (bicyclic) bond motifs is 1. The van der Waals surface area contributed by atoms with Gasteiger partial charge in [0.1, 0.15) is 6.33 Å². The number of hydrogen-bond donors (Lipinski definition) is 1. The maximum Gasteiger partial charge on any atom is 0.245 e. The van der Waals surface area contributed by atoms with Crippen LogP contribution in [-0.2, 0) is 13.5 Å². The van der Waals surface area contributed by atoms with Crippen molar-refractivity contribution in [3.63, 3.8) is 0 Å². The molecule has 0 saturated heterocycles. The molecular weight excluding hydrogens is 258 g/mol. The minimum absolute atomic E-state index is 0.335. The maximum atomic E-state index is 6.03. The lowest BCUT2D eigenvalue weighted by Crippen LogP contribution is -2.03. The van der Waals surface area contributed by atoms with Gasteiger partial charge in [0.2, 0.25) is 11.8 Å². The van der Waals surface area contributed by atoms with Gasteiger partial charge in [0.15, 0.2) is 11.2 Å². The lowest BCUT2D eigenvalue weighted by atomic mass is 10.3. The lowest BCUT2D eigenvalue weighted by Gasteiger charge is -2.04. The van der Waals surface area contributed by atoms with Crippen LogP contribution >= 0.6 is 0 Å². The van der Waals surface area contributed by atoms with Gasteiger partial charge in [0, 0.05) is 13.2 Å². The Morgan fingerprint density at radius 3 is 2.85 bits per heavy atom. The molecule has 0 unspecified atom stereocenters. The van der Waals surface area contributed by atoms with Gasteiger partial charge in [-0.15, -0.1) is 0 Å². The van der Waals surface area contributed by atoms with E-state index in [1.54, 1.807) is 16.4 Å². The van der Waals surface area contributed by atoms with Crippen molar-refractivity contribution in [3.8, 4) is 11.6 Å². The van der Waals surface area contributed by atoms with E-state index >= 15 is 0 Å². The molecule has 0 fully saturated rings. The predicted octanol–water partition coefficient (Wildman–Crippen LogP) is 0.702. The Labute approximate surface area is 115 Å². The van der Waals surface area contributed by atoms with Crippen LogP contribution in [0.3, 0.4) is 0 Å². The minimum Gasteiger partial charge on any atom is -0.479 e. The molecule has 2 N–H and O–H groups in total. The van der Waals surface area contributed by atoms with Gasteiger partial charge in [0.25, 0.3) is 0 Å². The number of hydrogen-bond acceptors (Lipinski definition) is 6. The minimum atomic E-state index is 0.335. The summed E-state index contributed by atoms with van der Waals surface area (Å²) < 4.78 is 8.71. The third-order valence-electron chi connectivity index (χ3n) is 3.09. The van der Waals surface area contributed by atoms with E-state index in [0.29, 0.717) is 23.0 Å². The van der Waals surface area contributed by atoms with Crippen LogP contribution in [0, 0.1) is 0 Å². The molecule has 0 aromatic carbocycles. The standard InChI is InChI=1S/C12H15N7O/c1-4-7-8(5-18(2)17-7)19-10-9(16-12(19)13)11(20-3)15-6-14-10/h5-6H,4H2,1-3H3,(H2,13,16). The topological polar surface area (TPSA) is 96.7 Å². The second-order valence-corrected chi connectivity index (χ2v) is 4.35. The molecule has 8 heteroatoms. The van der Waals surface area contributed by atoms with Gasteiger partial charge in [-0.3, -0.25) is 9.25 Å². The van der Waals surface area contributed by atoms with Crippen molar-refractivity contribution in [2.45, 2.75) is 13.3 Å². The molecule has 0 spiro atoms. The van der Waals surface area contributed by atoms with Gasteiger partial charge in [0.05, 0.1) is 18.5 Å². The van der Waals surface area contributed by atoms with Crippen LogP contribution in [0.15, 0.2) is 12.5 Å². The number of aryl methyl sites for hydroxylation is 2. The number of imidazole rings is 1. The summed E-state index contributed by atoms with van der Waals surface area (Å²) in [6.45, 7) is 2.04. The molecule has 3 aromatic rings. The molecule has 0 aliphatic carbocycles. The second kappa shape index (κ2) is 4.48. The summed E-state index contributed by atoms with van der Waals surface area (Å²) in [5, 5.41) is 4.41. The Morgan fingerprint density at radius 1 is 1.35 bits per heavy atom. The molecule has 0 saturated carbocycles. The summed E-state index contributed by atoms with van der Waals surface area (Å²) in [6, 6.07) is 0. The zero-order chi connectivity index (χ0) is 14.3. The van der Waals surface area contributed by atoms with Crippen molar-refractivity contribution in [2.75, 3.05) is 12.8 Å². The van der Waals surface area contributed by atoms with Crippen molar-refractivity contribution in [1.82, 2.24) is 29.3 Å². The van der Waals surface area contributed by atoms with Gasteiger partial charge in [-0.05, 0) is 6.42 Å². The van der Waals surface area contributed by atoms with E-state index in [1.165, 1.54) is 6.33 Å². The first kappa shape index (κ1) is 12.4. The van der Waals surface area contributed by atoms with Gasteiger partial charge >= 0.3 is 0 Å². The molecule has 0 aliphatic rings. The third kappa shape index (κ3) is 1.68. The second-order valence-electron chi connectivity index (χ2n) is 4.35. The van der Waals surface area contributed by atoms with E-state index in [4.69, 9.17) is 10.5 Å². The molecule has 20 heavy (non-hydrogen) atoms. The average Bonchev–Trinajstić information content (AvgIpc) is 2.96. The van der Waals surface area contributed by atoms with Crippen molar-refractivity contribution < 1.29 is 4.74 Å². The molecular formula is C12H15N7O. The highest BCUT2D eigenvalue weighted by Crippen LogP contribution is 2.27. The fourth-order valence-electron chi connectivity index (χ4n) is 2.24. The Balaban J connectivity index is 2.33. The Morgan fingerprint density at radius 2 is 2.15 bits per heavy atom. The summed E-state index contributed by atoms with van der Waals surface area (Å²) in [7, 11) is 3.41. The number of nitrogen functional groups attached to an aromatic ring is 1. The molecule has 3 rings (SSSR count). The van der Waals surface area contributed by atoms with Gasteiger partial charge in [-0.1, -0.05) is 6.92 Å².